The number of aryl methyl sites for hydroxylation is 2. The fraction of sp³-hybridized carbons (Fsp3) is 0.360. The molecule has 5 rings (SSSR count). The largest absolute Gasteiger partial charge is 0.423 e. The third-order valence-corrected chi connectivity index (χ3v) is 8.50. The van der Waals surface area contributed by atoms with Crippen molar-refractivity contribution in [2.24, 2.45) is 0 Å². The van der Waals surface area contributed by atoms with E-state index in [1.165, 1.54) is 24.8 Å². The quantitative estimate of drug-likeness (QED) is 0.222. The molecular weight excluding hydrogens is 470 g/mol. The fourth-order valence-electron chi connectivity index (χ4n) is 4.65. The zero-order valence-electron chi connectivity index (χ0n) is 19.3. The van der Waals surface area contributed by atoms with Crippen molar-refractivity contribution in [1.82, 2.24) is 9.55 Å². The maximum Gasteiger partial charge on any atom is 0.336 e. The molecule has 1 amide bonds. The molecule has 1 N–H and O–H groups in total. The molecule has 9 heteroatoms. The molecular formula is C25H25N3O4S2. The van der Waals surface area contributed by atoms with Crippen molar-refractivity contribution in [2.75, 3.05) is 5.32 Å². The molecule has 0 bridgehead atoms. The zero-order valence-corrected chi connectivity index (χ0v) is 20.9. The first-order valence-corrected chi connectivity index (χ1v) is 13.1. The van der Waals surface area contributed by atoms with Crippen molar-refractivity contribution in [3.05, 3.63) is 61.0 Å². The minimum Gasteiger partial charge on any atom is -0.423 e. The number of carbonyl (C=O) groups excluding carboxylic acids is 1. The van der Waals surface area contributed by atoms with Crippen LogP contribution in [-0.4, -0.2) is 15.5 Å². The number of anilines is 1. The Morgan fingerprint density at radius 1 is 1.24 bits per heavy atom. The molecule has 1 saturated carbocycles. The van der Waals surface area contributed by atoms with Crippen molar-refractivity contribution < 1.29 is 9.21 Å². The predicted octanol–water partition coefficient (Wildman–Crippen LogP) is 5.55. The van der Waals surface area contributed by atoms with Gasteiger partial charge < -0.3 is 9.73 Å². The average Bonchev–Trinajstić information content (AvgIpc) is 3.39. The summed E-state index contributed by atoms with van der Waals surface area (Å²) in [6, 6.07) is 6.93. The van der Waals surface area contributed by atoms with E-state index in [4.69, 9.17) is 9.40 Å². The van der Waals surface area contributed by atoms with Gasteiger partial charge in [0.05, 0.1) is 5.39 Å². The standard InChI is InChI=1S/C25H25N3O4S2/c1-13-14(2)34-23-22(13)24(31)28(18-6-4-5-7-18)25(27-23)33-12-16-10-21(30)32-20-11-17(26-15(3)29)8-9-19(16)20/h8-11,18H,4-7,12H2,1-3H3,(H,26,29). The monoisotopic (exact) mass is 495 g/mol. The summed E-state index contributed by atoms with van der Waals surface area (Å²) >= 11 is 3.03. The third kappa shape index (κ3) is 4.18. The van der Waals surface area contributed by atoms with Gasteiger partial charge in [0.2, 0.25) is 5.91 Å². The second kappa shape index (κ2) is 9.03. The van der Waals surface area contributed by atoms with Crippen LogP contribution < -0.4 is 16.5 Å². The van der Waals surface area contributed by atoms with E-state index in [-0.39, 0.29) is 17.5 Å². The van der Waals surface area contributed by atoms with Gasteiger partial charge in [0.25, 0.3) is 5.56 Å². The molecule has 1 fully saturated rings. The zero-order chi connectivity index (χ0) is 24.0. The molecule has 1 aliphatic rings. The van der Waals surface area contributed by atoms with Gasteiger partial charge in [0.1, 0.15) is 10.4 Å². The summed E-state index contributed by atoms with van der Waals surface area (Å²) in [4.78, 5) is 44.0. The lowest BCUT2D eigenvalue weighted by molar-refractivity contribution is -0.114. The van der Waals surface area contributed by atoms with Crippen LogP contribution in [0.5, 0.6) is 0 Å². The van der Waals surface area contributed by atoms with Gasteiger partial charge in [-0.25, -0.2) is 9.78 Å². The van der Waals surface area contributed by atoms with E-state index in [9.17, 15) is 14.4 Å². The lowest BCUT2D eigenvalue weighted by Crippen LogP contribution is -2.26. The maximum atomic E-state index is 13.6. The number of hydrogen-bond donors (Lipinski definition) is 1. The lowest BCUT2D eigenvalue weighted by Gasteiger charge is -2.18. The molecule has 3 aromatic heterocycles. The average molecular weight is 496 g/mol. The van der Waals surface area contributed by atoms with Gasteiger partial charge in [-0.05, 0) is 49.9 Å². The predicted molar refractivity (Wildman–Crippen MR) is 137 cm³/mol. The number of thioether (sulfide) groups is 1. The fourth-order valence-corrected chi connectivity index (χ4v) is 6.77. The van der Waals surface area contributed by atoms with Gasteiger partial charge in [0.15, 0.2) is 5.16 Å². The number of rotatable bonds is 5. The maximum absolute atomic E-state index is 13.6. The van der Waals surface area contributed by atoms with Crippen LogP contribution in [0.3, 0.4) is 0 Å². The highest BCUT2D eigenvalue weighted by Crippen LogP contribution is 2.36. The van der Waals surface area contributed by atoms with Crippen molar-refractivity contribution >= 4 is 55.9 Å². The summed E-state index contributed by atoms with van der Waals surface area (Å²) < 4.78 is 7.28. The van der Waals surface area contributed by atoms with Crippen LogP contribution in [0.15, 0.2) is 43.4 Å². The summed E-state index contributed by atoms with van der Waals surface area (Å²) in [7, 11) is 0. The van der Waals surface area contributed by atoms with E-state index in [0.29, 0.717) is 22.2 Å². The van der Waals surface area contributed by atoms with Crippen LogP contribution in [0.25, 0.3) is 21.2 Å². The highest BCUT2D eigenvalue weighted by Gasteiger charge is 2.25. The molecule has 176 valence electrons. The Labute approximate surface area is 204 Å². The van der Waals surface area contributed by atoms with E-state index in [1.54, 1.807) is 23.5 Å². The van der Waals surface area contributed by atoms with Crippen LogP contribution in [0.4, 0.5) is 5.69 Å². The van der Waals surface area contributed by atoms with Gasteiger partial charge in [0, 0.05) is 46.8 Å². The first kappa shape index (κ1) is 22.9. The molecule has 1 aliphatic carbocycles. The Hall–Kier alpha value is -2.91. The Bertz CT molecular complexity index is 1540. The van der Waals surface area contributed by atoms with Crippen molar-refractivity contribution in [3.8, 4) is 0 Å². The Morgan fingerprint density at radius 2 is 2.00 bits per heavy atom. The summed E-state index contributed by atoms with van der Waals surface area (Å²) in [5, 5.41) is 4.93. The molecule has 0 spiro atoms. The number of hydrogen-bond acceptors (Lipinski definition) is 7. The van der Waals surface area contributed by atoms with E-state index in [2.05, 4.69) is 5.32 Å². The summed E-state index contributed by atoms with van der Waals surface area (Å²) in [6.07, 6.45) is 4.18. The second-order valence-corrected chi connectivity index (χ2v) is 10.9. The molecule has 34 heavy (non-hydrogen) atoms. The highest BCUT2D eigenvalue weighted by atomic mass is 32.2. The molecule has 1 aromatic carbocycles. The molecule has 0 radical (unpaired) electrons. The minimum atomic E-state index is -0.454. The Morgan fingerprint density at radius 3 is 2.74 bits per heavy atom. The second-order valence-electron chi connectivity index (χ2n) is 8.74. The number of fused-ring (bicyclic) bond motifs is 2. The van der Waals surface area contributed by atoms with E-state index >= 15 is 0 Å². The number of aromatic nitrogens is 2. The number of carbonyl (C=O) groups is 1. The van der Waals surface area contributed by atoms with Crippen LogP contribution in [-0.2, 0) is 10.5 Å². The first-order chi connectivity index (χ1) is 16.3. The van der Waals surface area contributed by atoms with Crippen LogP contribution in [0.1, 0.15) is 54.7 Å². The Balaban J connectivity index is 1.56. The van der Waals surface area contributed by atoms with E-state index in [0.717, 1.165) is 57.3 Å². The number of nitrogens with zero attached hydrogens (tertiary/aromatic N) is 2. The number of thiophene rings is 1. The van der Waals surface area contributed by atoms with Gasteiger partial charge in [-0.1, -0.05) is 24.6 Å². The summed E-state index contributed by atoms with van der Waals surface area (Å²) in [6.45, 7) is 5.45. The lowest BCUT2D eigenvalue weighted by atomic mass is 10.1. The highest BCUT2D eigenvalue weighted by molar-refractivity contribution is 7.98. The van der Waals surface area contributed by atoms with Crippen LogP contribution >= 0.6 is 23.1 Å². The number of benzene rings is 1. The van der Waals surface area contributed by atoms with Crippen molar-refractivity contribution in [1.29, 1.82) is 0 Å². The third-order valence-electron chi connectivity index (χ3n) is 6.40. The van der Waals surface area contributed by atoms with E-state index < -0.39 is 5.63 Å². The molecule has 3 heterocycles. The summed E-state index contributed by atoms with van der Waals surface area (Å²) in [5.41, 5.74) is 2.38. The van der Waals surface area contributed by atoms with Crippen LogP contribution in [0, 0.1) is 13.8 Å². The minimum absolute atomic E-state index is 0.0404. The van der Waals surface area contributed by atoms with Crippen LogP contribution in [0.2, 0.25) is 0 Å². The number of amides is 1. The smallest absolute Gasteiger partial charge is 0.336 e. The molecule has 0 aliphatic heterocycles. The number of nitrogens with one attached hydrogen (secondary N) is 1. The van der Waals surface area contributed by atoms with Crippen molar-refractivity contribution in [2.45, 2.75) is 63.4 Å². The summed E-state index contributed by atoms with van der Waals surface area (Å²) in [5.74, 6) is 0.272. The molecule has 0 unspecified atom stereocenters. The normalized spacial score (nSPS) is 14.3. The van der Waals surface area contributed by atoms with Gasteiger partial charge in [-0.2, -0.15) is 0 Å². The van der Waals surface area contributed by atoms with Gasteiger partial charge >= 0.3 is 5.63 Å². The van der Waals surface area contributed by atoms with Crippen molar-refractivity contribution in [3.63, 3.8) is 0 Å². The van der Waals surface area contributed by atoms with E-state index in [1.807, 2.05) is 24.5 Å². The Kier molecular flexibility index (Phi) is 6.07. The van der Waals surface area contributed by atoms with Gasteiger partial charge in [-0.3, -0.25) is 14.2 Å². The topological polar surface area (TPSA) is 94.2 Å². The molecule has 7 nitrogen and oxygen atoms in total. The SMILES string of the molecule is CC(=O)Nc1ccc2c(CSc3nc4sc(C)c(C)c4c(=O)n3C3CCCC3)cc(=O)oc2c1. The first-order valence-electron chi connectivity index (χ1n) is 11.3. The molecule has 4 aromatic rings. The molecule has 0 atom stereocenters. The molecule has 0 saturated heterocycles. The van der Waals surface area contributed by atoms with Gasteiger partial charge in [-0.15, -0.1) is 11.3 Å².